The zero-order chi connectivity index (χ0) is 24.7. The topological polar surface area (TPSA) is 84.2 Å². The fourth-order valence-electron chi connectivity index (χ4n) is 3.50. The van der Waals surface area contributed by atoms with Crippen molar-refractivity contribution in [3.05, 3.63) is 120 Å². The van der Waals surface area contributed by atoms with Crippen LogP contribution in [0.5, 0.6) is 0 Å². The highest BCUT2D eigenvalue weighted by Gasteiger charge is 2.23. The number of hydrogen-bond acceptors (Lipinski definition) is 6. The first-order valence-corrected chi connectivity index (χ1v) is 12.9. The van der Waals surface area contributed by atoms with Crippen LogP contribution in [0.1, 0.15) is 21.4 Å². The molecule has 8 heteroatoms. The number of anilines is 2. The Morgan fingerprint density at radius 2 is 1.56 bits per heavy atom. The number of thioether (sulfide) groups is 1. The van der Waals surface area contributed by atoms with Crippen LogP contribution in [-0.2, 0) is 4.79 Å². The minimum atomic E-state index is -0.487. The molecule has 2 aromatic heterocycles. The van der Waals surface area contributed by atoms with Crippen LogP contribution in [0.3, 0.4) is 0 Å². The molecule has 36 heavy (non-hydrogen) atoms. The van der Waals surface area contributed by atoms with Gasteiger partial charge in [0.25, 0.3) is 5.91 Å². The average molecular weight is 512 g/mol. The number of nitrogens with one attached hydrogen (secondary N) is 2. The van der Waals surface area contributed by atoms with Crippen LogP contribution in [0, 0.1) is 0 Å². The Hall–Kier alpha value is -4.14. The summed E-state index contributed by atoms with van der Waals surface area (Å²) in [6.45, 7) is 0. The van der Waals surface area contributed by atoms with Crippen LogP contribution in [0.4, 0.5) is 10.8 Å². The lowest BCUT2D eigenvalue weighted by Crippen LogP contribution is -2.19. The summed E-state index contributed by atoms with van der Waals surface area (Å²) >= 11 is 2.83. The van der Waals surface area contributed by atoms with Crippen molar-refractivity contribution in [2.75, 3.05) is 10.6 Å². The maximum Gasteiger partial charge on any atom is 0.291 e. The van der Waals surface area contributed by atoms with Gasteiger partial charge in [-0.3, -0.25) is 9.59 Å². The van der Waals surface area contributed by atoms with E-state index in [0.717, 1.165) is 21.7 Å². The van der Waals surface area contributed by atoms with E-state index in [1.165, 1.54) is 29.4 Å². The van der Waals surface area contributed by atoms with Crippen LogP contribution < -0.4 is 10.6 Å². The molecule has 0 saturated heterocycles. The molecular formula is C28H21N3O3S2. The second-order valence-corrected chi connectivity index (χ2v) is 9.79. The van der Waals surface area contributed by atoms with Gasteiger partial charge < -0.3 is 15.1 Å². The number of carbonyl (C=O) groups is 2. The lowest BCUT2D eigenvalue weighted by atomic mass is 10.1. The molecule has 6 nitrogen and oxygen atoms in total. The van der Waals surface area contributed by atoms with Crippen LogP contribution in [0.2, 0.25) is 0 Å². The summed E-state index contributed by atoms with van der Waals surface area (Å²) in [5.41, 5.74) is 3.35. The number of rotatable bonds is 8. The van der Waals surface area contributed by atoms with Gasteiger partial charge in [0.15, 0.2) is 10.9 Å². The molecule has 2 heterocycles. The summed E-state index contributed by atoms with van der Waals surface area (Å²) in [5, 5.41) is 7.78. The van der Waals surface area contributed by atoms with Crippen molar-refractivity contribution in [3.63, 3.8) is 0 Å². The highest BCUT2D eigenvalue weighted by atomic mass is 32.2. The zero-order valence-corrected chi connectivity index (χ0v) is 20.6. The van der Waals surface area contributed by atoms with Gasteiger partial charge in [0, 0.05) is 21.5 Å². The summed E-state index contributed by atoms with van der Waals surface area (Å²) in [6.07, 6.45) is 1.46. The largest absolute Gasteiger partial charge is 0.459 e. The van der Waals surface area contributed by atoms with E-state index >= 15 is 0 Å². The molecule has 1 unspecified atom stereocenters. The van der Waals surface area contributed by atoms with Crippen LogP contribution in [0.25, 0.3) is 11.3 Å². The first-order chi connectivity index (χ1) is 17.7. The highest BCUT2D eigenvalue weighted by molar-refractivity contribution is 8.00. The molecule has 0 aliphatic heterocycles. The average Bonchev–Trinajstić information content (AvgIpc) is 3.62. The first kappa shape index (κ1) is 23.6. The molecule has 0 fully saturated rings. The number of aromatic nitrogens is 1. The Kier molecular flexibility index (Phi) is 7.25. The molecule has 3 aromatic carbocycles. The third kappa shape index (κ3) is 5.73. The van der Waals surface area contributed by atoms with Gasteiger partial charge in [0.2, 0.25) is 5.91 Å². The standard InChI is InChI=1S/C28H21N3O3S2/c32-26(24-12-7-17-34-24)29-21-13-15-22(16-14-21)36-25(20-10-5-2-6-11-20)27(33)31-28-30-23(18-35-28)19-8-3-1-4-9-19/h1-18,25H,(H,29,32)(H,30,31,33). The van der Waals surface area contributed by atoms with Crippen molar-refractivity contribution < 1.29 is 14.0 Å². The van der Waals surface area contributed by atoms with Crippen molar-refractivity contribution in [3.8, 4) is 11.3 Å². The Bertz CT molecular complexity index is 1430. The van der Waals surface area contributed by atoms with Gasteiger partial charge in [-0.15, -0.1) is 23.1 Å². The summed E-state index contributed by atoms with van der Waals surface area (Å²) in [5.74, 6) is -0.234. The van der Waals surface area contributed by atoms with E-state index < -0.39 is 5.25 Å². The Balaban J connectivity index is 1.30. The molecule has 1 atom stereocenters. The van der Waals surface area contributed by atoms with E-state index in [-0.39, 0.29) is 17.6 Å². The minimum absolute atomic E-state index is 0.157. The summed E-state index contributed by atoms with van der Waals surface area (Å²) in [7, 11) is 0. The van der Waals surface area contributed by atoms with Gasteiger partial charge in [-0.2, -0.15) is 0 Å². The van der Waals surface area contributed by atoms with E-state index in [2.05, 4.69) is 15.6 Å². The van der Waals surface area contributed by atoms with Crippen molar-refractivity contribution >= 4 is 45.7 Å². The number of carbonyl (C=O) groups excluding carboxylic acids is 2. The van der Waals surface area contributed by atoms with Crippen LogP contribution >= 0.6 is 23.1 Å². The maximum absolute atomic E-state index is 13.4. The molecule has 178 valence electrons. The van der Waals surface area contributed by atoms with Crippen molar-refractivity contribution in [2.45, 2.75) is 10.1 Å². The number of furan rings is 1. The molecule has 0 spiro atoms. The monoisotopic (exact) mass is 511 g/mol. The van der Waals surface area contributed by atoms with Crippen molar-refractivity contribution in [1.82, 2.24) is 4.98 Å². The van der Waals surface area contributed by atoms with Gasteiger partial charge >= 0.3 is 0 Å². The number of amides is 2. The third-order valence-corrected chi connectivity index (χ3v) is 7.28. The summed E-state index contributed by atoms with van der Waals surface area (Å²) in [4.78, 5) is 31.1. The molecule has 5 rings (SSSR count). The lowest BCUT2D eigenvalue weighted by molar-refractivity contribution is -0.115. The Morgan fingerprint density at radius 3 is 2.25 bits per heavy atom. The molecule has 0 aliphatic rings. The van der Waals surface area contributed by atoms with Gasteiger partial charge in [-0.25, -0.2) is 4.98 Å². The second kappa shape index (κ2) is 11.1. The molecule has 0 aliphatic carbocycles. The summed E-state index contributed by atoms with van der Waals surface area (Å²) < 4.78 is 5.13. The van der Waals surface area contributed by atoms with E-state index in [0.29, 0.717) is 10.8 Å². The van der Waals surface area contributed by atoms with Crippen LogP contribution in [-0.4, -0.2) is 16.8 Å². The lowest BCUT2D eigenvalue weighted by Gasteiger charge is -2.16. The smallest absolute Gasteiger partial charge is 0.291 e. The normalized spacial score (nSPS) is 11.6. The Morgan fingerprint density at radius 1 is 0.833 bits per heavy atom. The molecule has 2 N–H and O–H groups in total. The molecular weight excluding hydrogens is 490 g/mol. The van der Waals surface area contributed by atoms with Gasteiger partial charge in [-0.05, 0) is 42.0 Å². The predicted octanol–water partition coefficient (Wildman–Crippen LogP) is 7.13. The maximum atomic E-state index is 13.4. The van der Waals surface area contributed by atoms with Crippen molar-refractivity contribution in [2.24, 2.45) is 0 Å². The molecule has 0 radical (unpaired) electrons. The quantitative estimate of drug-likeness (QED) is 0.217. The van der Waals surface area contributed by atoms with Gasteiger partial charge in [0.1, 0.15) is 5.25 Å². The zero-order valence-electron chi connectivity index (χ0n) is 19.0. The molecule has 0 saturated carbocycles. The number of thiazole rings is 1. The van der Waals surface area contributed by atoms with Gasteiger partial charge in [-0.1, -0.05) is 60.7 Å². The molecule has 2 amide bonds. The number of benzene rings is 3. The number of hydrogen-bond donors (Lipinski definition) is 2. The van der Waals surface area contributed by atoms with E-state index in [1.807, 2.05) is 78.2 Å². The van der Waals surface area contributed by atoms with E-state index in [1.54, 1.807) is 24.3 Å². The van der Waals surface area contributed by atoms with E-state index in [9.17, 15) is 9.59 Å². The first-order valence-electron chi connectivity index (χ1n) is 11.1. The van der Waals surface area contributed by atoms with Gasteiger partial charge in [0.05, 0.1) is 12.0 Å². The fourth-order valence-corrected chi connectivity index (χ4v) is 5.24. The van der Waals surface area contributed by atoms with E-state index in [4.69, 9.17) is 4.42 Å². The summed E-state index contributed by atoms with van der Waals surface area (Å²) in [6, 6.07) is 30.1. The third-order valence-electron chi connectivity index (χ3n) is 5.26. The number of nitrogens with zero attached hydrogens (tertiary/aromatic N) is 1. The second-order valence-electron chi connectivity index (χ2n) is 7.76. The van der Waals surface area contributed by atoms with Crippen LogP contribution in [0.15, 0.2) is 118 Å². The molecule has 5 aromatic rings. The predicted molar refractivity (Wildman–Crippen MR) is 144 cm³/mol. The molecule has 0 bridgehead atoms. The fraction of sp³-hybridized carbons (Fsp3) is 0.0357. The minimum Gasteiger partial charge on any atom is -0.459 e. The van der Waals surface area contributed by atoms with Crippen molar-refractivity contribution in [1.29, 1.82) is 0 Å². The highest BCUT2D eigenvalue weighted by Crippen LogP contribution is 2.37. The Labute approximate surface area is 216 Å². The SMILES string of the molecule is O=C(Nc1ccc(SC(C(=O)Nc2nc(-c3ccccc3)cs2)c2ccccc2)cc1)c1ccco1.